The van der Waals surface area contributed by atoms with Gasteiger partial charge < -0.3 is 29.1 Å². The van der Waals surface area contributed by atoms with E-state index in [0.29, 0.717) is 55.7 Å². The number of fused-ring (bicyclic) bond motifs is 3. The Kier molecular flexibility index (Phi) is 12.2. The summed E-state index contributed by atoms with van der Waals surface area (Å²) in [4.78, 5) is 59.5. The van der Waals surface area contributed by atoms with Crippen molar-refractivity contribution >= 4 is 54.0 Å². The van der Waals surface area contributed by atoms with Gasteiger partial charge in [-0.2, -0.15) is 5.10 Å². The van der Waals surface area contributed by atoms with Crippen LogP contribution in [0.25, 0.3) is 0 Å². The molecule has 1 N–H and O–H groups in total. The quantitative estimate of drug-likeness (QED) is 0.0919. The molecule has 4 aliphatic rings. The van der Waals surface area contributed by atoms with Gasteiger partial charge in [0.25, 0.3) is 5.91 Å². The number of methoxy groups -OCH3 is 2. The van der Waals surface area contributed by atoms with E-state index < -0.39 is 31.7 Å². The molecule has 62 heavy (non-hydrogen) atoms. The van der Waals surface area contributed by atoms with E-state index in [1.165, 1.54) is 12.1 Å². The Morgan fingerprint density at radius 3 is 2.35 bits per heavy atom. The summed E-state index contributed by atoms with van der Waals surface area (Å²) in [6, 6.07) is 31.1. The van der Waals surface area contributed by atoms with Crippen LogP contribution in [0.4, 0.5) is 11.4 Å². The van der Waals surface area contributed by atoms with Crippen LogP contribution < -0.4 is 19.8 Å². The van der Waals surface area contributed by atoms with Crippen LogP contribution in [0.5, 0.6) is 5.75 Å². The number of aliphatic hydroxyl groups excluding tert-OH is 1. The molecular weight excluding hydrogens is 801 g/mol. The fraction of sp³-hybridized carbons (Fsp3) is 0.408. The molecule has 3 amide bonds. The minimum Gasteiger partial charge on any atom is -0.497 e. The average Bonchev–Trinajstić information content (AvgIpc) is 3.72. The van der Waals surface area contributed by atoms with Gasteiger partial charge in [-0.25, -0.2) is 5.01 Å². The third-order valence-corrected chi connectivity index (χ3v) is 18.1. The van der Waals surface area contributed by atoms with Gasteiger partial charge in [0.15, 0.2) is 5.60 Å². The maximum absolute atomic E-state index is 15.5. The molecule has 13 heteroatoms. The second-order valence-electron chi connectivity index (χ2n) is 17.5. The topological polar surface area (TPSA) is 138 Å². The molecule has 0 radical (unpaired) electrons. The van der Waals surface area contributed by atoms with Crippen LogP contribution >= 0.6 is 0 Å². The van der Waals surface area contributed by atoms with E-state index in [1.807, 2.05) is 84.9 Å². The lowest BCUT2D eigenvalue weighted by Gasteiger charge is -2.39. The normalized spacial score (nSPS) is 23.3. The van der Waals surface area contributed by atoms with Crippen molar-refractivity contribution in [2.24, 2.45) is 11.0 Å². The Balaban J connectivity index is 1.22. The van der Waals surface area contributed by atoms with Crippen molar-refractivity contribution in [3.05, 3.63) is 119 Å². The van der Waals surface area contributed by atoms with Gasteiger partial charge in [-0.05, 0) is 71.8 Å². The standard InChI is InChI=1S/C49H56N4O8Si/c1-32-47(62(4,5)39-21-19-38(59-2)20-22-39)43(29-45(56)52-30-35-16-10-9-15-34(35)27-37(52)31-54)61-49(32)40-28-36(53-44(55)25-23-41(50-53)33-13-7-6-8-14-33)18-24-42(40)51(48(49)58)26-12-11-17-46(57)60-3/h6-10,13-16,18-22,24,28,32,37,43,47,54H,11-12,17,23,25-27,29-31H2,1-5H3/t32-,37+,43+,47-,49+/m1/s1. The first-order valence-corrected chi connectivity index (χ1v) is 24.8. The summed E-state index contributed by atoms with van der Waals surface area (Å²) < 4.78 is 17.8. The Morgan fingerprint density at radius 1 is 0.919 bits per heavy atom. The van der Waals surface area contributed by atoms with E-state index >= 15 is 4.79 Å². The van der Waals surface area contributed by atoms with E-state index in [2.05, 4.69) is 32.2 Å². The number of hydrazone groups is 1. The zero-order valence-electron chi connectivity index (χ0n) is 36.2. The average molecular weight is 857 g/mol. The molecule has 0 unspecified atom stereocenters. The van der Waals surface area contributed by atoms with Crippen molar-refractivity contribution in [1.82, 2.24) is 4.90 Å². The third-order valence-electron chi connectivity index (χ3n) is 13.7. The van der Waals surface area contributed by atoms with E-state index in [-0.39, 0.29) is 55.1 Å². The highest BCUT2D eigenvalue weighted by atomic mass is 28.3. The number of hydrogen-bond donors (Lipinski definition) is 1. The highest BCUT2D eigenvalue weighted by Gasteiger charge is 2.66. The summed E-state index contributed by atoms with van der Waals surface area (Å²) in [5.41, 5.74) is 3.99. The number of amides is 3. The molecule has 12 nitrogen and oxygen atoms in total. The van der Waals surface area contributed by atoms with Crippen LogP contribution in [-0.4, -0.2) is 87.0 Å². The van der Waals surface area contributed by atoms with Gasteiger partial charge in [-0.3, -0.25) is 19.2 Å². The number of benzene rings is 4. The summed E-state index contributed by atoms with van der Waals surface area (Å²) in [5, 5.41) is 18.0. The van der Waals surface area contributed by atoms with Crippen molar-refractivity contribution in [2.75, 3.05) is 37.3 Å². The molecule has 1 saturated heterocycles. The summed E-state index contributed by atoms with van der Waals surface area (Å²) in [5.74, 6) is -0.513. The van der Waals surface area contributed by atoms with E-state index in [4.69, 9.17) is 19.3 Å². The van der Waals surface area contributed by atoms with Crippen molar-refractivity contribution in [3.8, 4) is 5.75 Å². The SMILES string of the molecule is COC(=O)CCCCN1C(=O)[C@@]2(O[C@@H](CC(=O)N3Cc4ccccc4C[C@H]3CO)[C@H]([Si](C)(C)c3ccc(OC)cc3)[C@H]2C)c2cc(N3N=C(c4ccccc4)CCC3=O)ccc21. The second kappa shape index (κ2) is 17.6. The molecule has 324 valence electrons. The van der Waals surface area contributed by atoms with Crippen LogP contribution in [0.15, 0.2) is 102 Å². The van der Waals surface area contributed by atoms with Gasteiger partial charge in [0.2, 0.25) is 11.8 Å². The highest BCUT2D eigenvalue weighted by molar-refractivity contribution is 6.91. The number of esters is 1. The van der Waals surface area contributed by atoms with Crippen LogP contribution in [0, 0.1) is 5.92 Å². The lowest BCUT2D eigenvalue weighted by molar-refractivity contribution is -0.151. The molecule has 4 aliphatic heterocycles. The first-order chi connectivity index (χ1) is 29.9. The fourth-order valence-electron chi connectivity index (χ4n) is 10.4. The summed E-state index contributed by atoms with van der Waals surface area (Å²) in [6.45, 7) is 7.15. The maximum Gasteiger partial charge on any atom is 0.305 e. The minimum absolute atomic E-state index is 0.0127. The van der Waals surface area contributed by atoms with Gasteiger partial charge in [-0.1, -0.05) is 91.9 Å². The molecule has 4 heterocycles. The van der Waals surface area contributed by atoms with Crippen LogP contribution in [-0.2, 0) is 47.2 Å². The van der Waals surface area contributed by atoms with Crippen LogP contribution in [0.1, 0.15) is 67.7 Å². The van der Waals surface area contributed by atoms with Gasteiger partial charge in [0, 0.05) is 43.8 Å². The lowest BCUT2D eigenvalue weighted by Crippen LogP contribution is -2.52. The number of nitrogens with zero attached hydrogens (tertiary/aromatic N) is 4. The monoisotopic (exact) mass is 856 g/mol. The summed E-state index contributed by atoms with van der Waals surface area (Å²) >= 11 is 0. The number of anilines is 2. The predicted molar refractivity (Wildman–Crippen MR) is 240 cm³/mol. The van der Waals surface area contributed by atoms with Crippen LogP contribution in [0.2, 0.25) is 18.6 Å². The number of carbonyl (C=O) groups excluding carboxylic acids is 4. The van der Waals surface area contributed by atoms with Gasteiger partial charge in [0.05, 0.1) is 64.6 Å². The molecule has 1 fully saturated rings. The smallest absolute Gasteiger partial charge is 0.305 e. The minimum atomic E-state index is -2.63. The molecule has 0 bridgehead atoms. The van der Waals surface area contributed by atoms with Gasteiger partial charge >= 0.3 is 5.97 Å². The van der Waals surface area contributed by atoms with Crippen molar-refractivity contribution in [1.29, 1.82) is 0 Å². The maximum atomic E-state index is 15.5. The number of rotatable bonds is 13. The van der Waals surface area contributed by atoms with E-state index in [9.17, 15) is 19.5 Å². The largest absolute Gasteiger partial charge is 0.497 e. The van der Waals surface area contributed by atoms with Crippen LogP contribution in [0.3, 0.4) is 0 Å². The molecule has 0 saturated carbocycles. The number of hydrogen-bond acceptors (Lipinski definition) is 9. The fourth-order valence-corrected chi connectivity index (χ4v) is 14.4. The zero-order chi connectivity index (χ0) is 43.8. The number of ether oxygens (including phenoxy) is 3. The van der Waals surface area contributed by atoms with Crippen molar-refractivity contribution in [3.63, 3.8) is 0 Å². The van der Waals surface area contributed by atoms with E-state index in [0.717, 1.165) is 33.3 Å². The molecule has 0 aromatic heterocycles. The molecule has 5 atom stereocenters. The number of unbranched alkanes of at least 4 members (excludes halogenated alkanes) is 1. The van der Waals surface area contributed by atoms with Crippen molar-refractivity contribution in [2.45, 2.75) is 94.8 Å². The summed E-state index contributed by atoms with van der Waals surface area (Å²) in [7, 11) is 0.369. The van der Waals surface area contributed by atoms with Gasteiger partial charge in [0.1, 0.15) is 5.75 Å². The molecule has 8 rings (SSSR count). The number of carbonyl (C=O) groups is 4. The molecule has 1 spiro atoms. The first-order valence-electron chi connectivity index (χ1n) is 21.7. The first kappa shape index (κ1) is 43.0. The van der Waals surface area contributed by atoms with Crippen molar-refractivity contribution < 1.29 is 38.5 Å². The summed E-state index contributed by atoms with van der Waals surface area (Å²) in [6.07, 6.45) is 1.96. The molecular formula is C49H56N4O8Si. The molecule has 4 aromatic carbocycles. The molecule has 0 aliphatic carbocycles. The predicted octanol–water partition coefficient (Wildman–Crippen LogP) is 6.47. The van der Waals surface area contributed by atoms with Gasteiger partial charge in [-0.15, -0.1) is 0 Å². The zero-order valence-corrected chi connectivity index (χ0v) is 37.2. The third kappa shape index (κ3) is 7.75. The number of aliphatic hydroxyl groups is 1. The Bertz CT molecular complexity index is 2370. The van der Waals surface area contributed by atoms with E-state index in [1.54, 1.807) is 16.9 Å². The molecule has 4 aromatic rings. The Morgan fingerprint density at radius 2 is 1.65 bits per heavy atom. The Labute approximate surface area is 364 Å². The lowest BCUT2D eigenvalue weighted by atomic mass is 9.82. The Hall–Kier alpha value is -5.63. The second-order valence-corrected chi connectivity index (χ2v) is 22.2. The highest BCUT2D eigenvalue weighted by Crippen LogP contribution is 2.60.